The van der Waals surface area contributed by atoms with E-state index in [1.165, 1.54) is 0 Å². The largest absolute Gasteiger partial charge is 0.508 e. The van der Waals surface area contributed by atoms with Gasteiger partial charge in [-0.1, -0.05) is 66.7 Å². The van der Waals surface area contributed by atoms with Crippen LogP contribution in [0.1, 0.15) is 16.7 Å². The summed E-state index contributed by atoms with van der Waals surface area (Å²) in [5, 5.41) is 20.8. The zero-order valence-corrected chi connectivity index (χ0v) is 16.0. The number of azo groups is 1. The first-order chi connectivity index (χ1) is 14.3. The lowest BCUT2D eigenvalue weighted by Crippen LogP contribution is -1.95. The van der Waals surface area contributed by atoms with Crippen molar-refractivity contribution in [3.8, 4) is 11.5 Å². The number of phenols is 1. The molecule has 1 N–H and O–H groups in total. The molecule has 4 heteroatoms. The molecule has 4 aromatic carbocycles. The molecule has 0 unspecified atom stereocenters. The Hall–Kier alpha value is -3.66. The third kappa shape index (κ3) is 4.99. The van der Waals surface area contributed by atoms with Crippen molar-refractivity contribution in [1.29, 1.82) is 0 Å². The molecule has 0 heterocycles. The minimum Gasteiger partial charge on any atom is -0.508 e. The van der Waals surface area contributed by atoms with Crippen LogP contribution in [-0.4, -0.2) is 5.11 Å². The molecule has 0 radical (unpaired) electrons. The average molecular weight is 382 g/mol. The van der Waals surface area contributed by atoms with Gasteiger partial charge in [-0.2, -0.15) is 10.2 Å². The molecule has 29 heavy (non-hydrogen) atoms. The number of nitrogens with zero attached hydrogens (tertiary/aromatic N) is 2. The highest BCUT2D eigenvalue weighted by Gasteiger charge is 2.03. The molecule has 0 amide bonds. The molecule has 0 saturated heterocycles. The van der Waals surface area contributed by atoms with Crippen LogP contribution in [0.5, 0.6) is 11.5 Å². The van der Waals surface area contributed by atoms with Gasteiger partial charge in [0.05, 0.1) is 13.1 Å². The Kier molecular flexibility index (Phi) is 5.81. The summed E-state index contributed by atoms with van der Waals surface area (Å²) in [4.78, 5) is 0. The number of rotatable bonds is 7. The summed E-state index contributed by atoms with van der Waals surface area (Å²) in [5.74, 6) is 1.06. The molecule has 0 spiro atoms. The first kappa shape index (κ1) is 18.7. The number of hydrogen-bond donors (Lipinski definition) is 1. The van der Waals surface area contributed by atoms with E-state index >= 15 is 0 Å². The van der Waals surface area contributed by atoms with Crippen molar-refractivity contribution >= 4 is 10.8 Å². The van der Waals surface area contributed by atoms with Crippen LogP contribution >= 0.6 is 0 Å². The van der Waals surface area contributed by atoms with E-state index < -0.39 is 0 Å². The molecule has 0 aliphatic carbocycles. The summed E-state index contributed by atoms with van der Waals surface area (Å²) in [6, 6.07) is 29.6. The summed E-state index contributed by atoms with van der Waals surface area (Å²) >= 11 is 0. The van der Waals surface area contributed by atoms with Gasteiger partial charge in [0.25, 0.3) is 0 Å². The second kappa shape index (κ2) is 9.02. The van der Waals surface area contributed by atoms with Gasteiger partial charge in [-0.3, -0.25) is 0 Å². The van der Waals surface area contributed by atoms with Crippen molar-refractivity contribution in [3.63, 3.8) is 0 Å². The van der Waals surface area contributed by atoms with Crippen LogP contribution in [0.25, 0.3) is 10.8 Å². The standard InChI is InChI=1S/C25H22N2O2/c28-25-15-22-11-5-4-10-21(22)14-23(25)17-27-26-16-20-9-6-12-24(13-20)29-18-19-7-2-1-3-8-19/h1-15,28H,16-18H2. The summed E-state index contributed by atoms with van der Waals surface area (Å²) in [5.41, 5.74) is 2.93. The van der Waals surface area contributed by atoms with Crippen LogP contribution in [0.3, 0.4) is 0 Å². The van der Waals surface area contributed by atoms with Gasteiger partial charge >= 0.3 is 0 Å². The summed E-state index contributed by atoms with van der Waals surface area (Å²) in [6.07, 6.45) is 0. The van der Waals surface area contributed by atoms with Crippen LogP contribution in [0.2, 0.25) is 0 Å². The number of hydrogen-bond acceptors (Lipinski definition) is 4. The van der Waals surface area contributed by atoms with Crippen molar-refractivity contribution in [1.82, 2.24) is 0 Å². The fourth-order valence-electron chi connectivity index (χ4n) is 3.13. The lowest BCUT2D eigenvalue weighted by molar-refractivity contribution is 0.306. The van der Waals surface area contributed by atoms with E-state index in [2.05, 4.69) is 10.2 Å². The molecule has 144 valence electrons. The summed E-state index contributed by atoms with van der Waals surface area (Å²) in [6.45, 7) is 1.35. The Labute approximate surface area is 170 Å². The Bertz CT molecular complexity index is 1120. The van der Waals surface area contributed by atoms with Gasteiger partial charge in [-0.05, 0) is 46.2 Å². The molecule has 0 aliphatic heterocycles. The van der Waals surface area contributed by atoms with Gasteiger partial charge in [-0.15, -0.1) is 0 Å². The lowest BCUT2D eigenvalue weighted by atomic mass is 10.1. The van der Waals surface area contributed by atoms with Gasteiger partial charge in [0.15, 0.2) is 0 Å². The molecule has 4 aromatic rings. The summed E-state index contributed by atoms with van der Waals surface area (Å²) in [7, 11) is 0. The monoisotopic (exact) mass is 382 g/mol. The van der Waals surface area contributed by atoms with Crippen LogP contribution < -0.4 is 4.74 Å². The van der Waals surface area contributed by atoms with Crippen molar-refractivity contribution in [2.24, 2.45) is 10.2 Å². The number of fused-ring (bicyclic) bond motifs is 1. The van der Waals surface area contributed by atoms with E-state index in [1.807, 2.05) is 84.9 Å². The van der Waals surface area contributed by atoms with Gasteiger partial charge < -0.3 is 9.84 Å². The number of phenolic OH excluding ortho intramolecular Hbond substituents is 1. The molecule has 0 bridgehead atoms. The molecule has 0 saturated carbocycles. The second-order valence-corrected chi connectivity index (χ2v) is 6.85. The molecular weight excluding hydrogens is 360 g/mol. The van der Waals surface area contributed by atoms with Crippen molar-refractivity contribution in [2.45, 2.75) is 19.7 Å². The number of ether oxygens (including phenoxy) is 1. The fourth-order valence-corrected chi connectivity index (χ4v) is 3.13. The van der Waals surface area contributed by atoms with E-state index in [0.29, 0.717) is 19.7 Å². The molecular formula is C25H22N2O2. The van der Waals surface area contributed by atoms with Crippen molar-refractivity contribution in [3.05, 3.63) is 108 Å². The van der Waals surface area contributed by atoms with E-state index in [-0.39, 0.29) is 5.75 Å². The molecule has 0 aromatic heterocycles. The quantitative estimate of drug-likeness (QED) is 0.383. The topological polar surface area (TPSA) is 54.2 Å². The van der Waals surface area contributed by atoms with Gasteiger partial charge in [0.2, 0.25) is 0 Å². The van der Waals surface area contributed by atoms with E-state index in [4.69, 9.17) is 4.74 Å². The Morgan fingerprint density at radius 2 is 1.34 bits per heavy atom. The maximum Gasteiger partial charge on any atom is 0.121 e. The molecule has 0 aliphatic rings. The SMILES string of the molecule is Oc1cc2ccccc2cc1CN=NCc1cccc(OCc2ccccc2)c1. The first-order valence-electron chi connectivity index (χ1n) is 9.57. The number of benzene rings is 4. The fraction of sp³-hybridized carbons (Fsp3) is 0.120. The van der Waals surface area contributed by atoms with Crippen molar-refractivity contribution < 1.29 is 9.84 Å². The molecule has 4 nitrogen and oxygen atoms in total. The Morgan fingerprint density at radius 1 is 0.655 bits per heavy atom. The lowest BCUT2D eigenvalue weighted by Gasteiger charge is -2.07. The smallest absolute Gasteiger partial charge is 0.121 e. The van der Waals surface area contributed by atoms with Crippen LogP contribution in [0.4, 0.5) is 0 Å². The second-order valence-electron chi connectivity index (χ2n) is 6.85. The third-order valence-electron chi connectivity index (χ3n) is 4.69. The van der Waals surface area contributed by atoms with E-state index in [0.717, 1.165) is 33.2 Å². The van der Waals surface area contributed by atoms with Crippen LogP contribution in [0, 0.1) is 0 Å². The highest BCUT2D eigenvalue weighted by molar-refractivity contribution is 5.84. The predicted molar refractivity (Wildman–Crippen MR) is 115 cm³/mol. The van der Waals surface area contributed by atoms with Gasteiger partial charge in [0, 0.05) is 5.56 Å². The predicted octanol–water partition coefficient (Wildman–Crippen LogP) is 6.28. The zero-order chi connectivity index (χ0) is 19.9. The van der Waals surface area contributed by atoms with Crippen LogP contribution in [-0.2, 0) is 19.7 Å². The maximum absolute atomic E-state index is 10.2. The summed E-state index contributed by atoms with van der Waals surface area (Å²) < 4.78 is 5.86. The van der Waals surface area contributed by atoms with Gasteiger partial charge in [0.1, 0.15) is 18.1 Å². The highest BCUT2D eigenvalue weighted by atomic mass is 16.5. The molecule has 0 fully saturated rings. The van der Waals surface area contributed by atoms with Crippen LogP contribution in [0.15, 0.2) is 101 Å². The molecule has 0 atom stereocenters. The molecule has 4 rings (SSSR count). The highest BCUT2D eigenvalue weighted by Crippen LogP contribution is 2.25. The Morgan fingerprint density at radius 3 is 2.17 bits per heavy atom. The maximum atomic E-state index is 10.2. The van der Waals surface area contributed by atoms with Crippen molar-refractivity contribution in [2.75, 3.05) is 0 Å². The minimum atomic E-state index is 0.249. The number of aromatic hydroxyl groups is 1. The Balaban J connectivity index is 1.35. The zero-order valence-electron chi connectivity index (χ0n) is 16.0. The third-order valence-corrected chi connectivity index (χ3v) is 4.69. The van der Waals surface area contributed by atoms with E-state index in [1.54, 1.807) is 6.07 Å². The minimum absolute atomic E-state index is 0.249. The first-order valence-corrected chi connectivity index (χ1v) is 9.57. The average Bonchev–Trinajstić information content (AvgIpc) is 2.76. The normalized spacial score (nSPS) is 11.2. The van der Waals surface area contributed by atoms with Gasteiger partial charge in [-0.25, -0.2) is 0 Å². The van der Waals surface area contributed by atoms with E-state index in [9.17, 15) is 5.11 Å².